The molecular formula is C16H17F4NO4. The van der Waals surface area contributed by atoms with Gasteiger partial charge in [-0.15, -0.1) is 0 Å². The minimum atomic E-state index is -1.69. The van der Waals surface area contributed by atoms with Gasteiger partial charge in [0.05, 0.1) is 18.6 Å². The summed E-state index contributed by atoms with van der Waals surface area (Å²) in [5.74, 6) is -9.54. The van der Waals surface area contributed by atoms with Crippen LogP contribution in [0.15, 0.2) is 5.16 Å². The van der Waals surface area contributed by atoms with E-state index in [4.69, 9.17) is 4.74 Å². The van der Waals surface area contributed by atoms with Crippen molar-refractivity contribution in [2.75, 3.05) is 14.2 Å². The molecule has 9 heteroatoms. The van der Waals surface area contributed by atoms with E-state index in [0.717, 1.165) is 7.11 Å². The summed E-state index contributed by atoms with van der Waals surface area (Å²) >= 11 is 0. The van der Waals surface area contributed by atoms with Crippen molar-refractivity contribution in [3.8, 4) is 5.75 Å². The highest BCUT2D eigenvalue weighted by Gasteiger charge is 2.62. The Balaban J connectivity index is 2.15. The number of benzene rings is 1. The Morgan fingerprint density at radius 2 is 1.68 bits per heavy atom. The van der Waals surface area contributed by atoms with Crippen LogP contribution in [0.5, 0.6) is 5.75 Å². The van der Waals surface area contributed by atoms with E-state index in [1.54, 1.807) is 13.8 Å². The lowest BCUT2D eigenvalue weighted by Crippen LogP contribution is -2.14. The molecule has 1 aliphatic carbocycles. The van der Waals surface area contributed by atoms with E-state index >= 15 is 0 Å². The topological polar surface area (TPSA) is 57.1 Å². The van der Waals surface area contributed by atoms with Gasteiger partial charge in [-0.1, -0.05) is 19.0 Å². The van der Waals surface area contributed by atoms with E-state index in [9.17, 15) is 22.4 Å². The molecule has 0 N–H and O–H groups in total. The summed E-state index contributed by atoms with van der Waals surface area (Å²) in [5.41, 5.74) is -1.50. The molecule has 25 heavy (non-hydrogen) atoms. The second-order valence-electron chi connectivity index (χ2n) is 6.14. The van der Waals surface area contributed by atoms with E-state index in [0.29, 0.717) is 0 Å². The number of rotatable bonds is 6. The lowest BCUT2D eigenvalue weighted by Gasteiger charge is -2.11. The summed E-state index contributed by atoms with van der Waals surface area (Å²) in [6.45, 7) is 2.60. The zero-order valence-electron chi connectivity index (χ0n) is 14.0. The summed E-state index contributed by atoms with van der Waals surface area (Å²) in [5, 5.41) is 3.59. The summed E-state index contributed by atoms with van der Waals surface area (Å²) < 4.78 is 64.1. The van der Waals surface area contributed by atoms with Gasteiger partial charge in [0, 0.05) is 12.1 Å². The number of esters is 1. The highest BCUT2D eigenvalue weighted by molar-refractivity contribution is 5.85. The van der Waals surface area contributed by atoms with Gasteiger partial charge in [-0.25, -0.2) is 8.78 Å². The first-order valence-electron chi connectivity index (χ1n) is 7.30. The Morgan fingerprint density at radius 3 is 2.16 bits per heavy atom. The van der Waals surface area contributed by atoms with Crippen LogP contribution in [0.2, 0.25) is 0 Å². The molecule has 0 heterocycles. The first-order valence-corrected chi connectivity index (χ1v) is 7.30. The van der Waals surface area contributed by atoms with Crippen LogP contribution in [0, 0.1) is 40.5 Å². The van der Waals surface area contributed by atoms with Gasteiger partial charge in [-0.3, -0.25) is 4.79 Å². The Hall–Kier alpha value is -2.32. The van der Waals surface area contributed by atoms with Crippen molar-refractivity contribution in [2.24, 2.45) is 22.4 Å². The molecule has 0 saturated heterocycles. The molecule has 2 atom stereocenters. The molecule has 1 fully saturated rings. The maximum Gasteiger partial charge on any atom is 0.310 e. The van der Waals surface area contributed by atoms with Crippen molar-refractivity contribution >= 4 is 12.2 Å². The van der Waals surface area contributed by atoms with Gasteiger partial charge in [-0.2, -0.15) is 8.78 Å². The van der Waals surface area contributed by atoms with Crippen LogP contribution in [0.3, 0.4) is 0 Å². The van der Waals surface area contributed by atoms with E-state index in [2.05, 4.69) is 14.7 Å². The highest BCUT2D eigenvalue weighted by Crippen LogP contribution is 2.57. The zero-order valence-corrected chi connectivity index (χ0v) is 14.0. The van der Waals surface area contributed by atoms with Crippen LogP contribution in [0.4, 0.5) is 17.6 Å². The molecule has 1 aromatic rings. The molecule has 5 nitrogen and oxygen atoms in total. The smallest absolute Gasteiger partial charge is 0.310 e. The van der Waals surface area contributed by atoms with Gasteiger partial charge in [-0.05, 0) is 5.41 Å². The third-order valence-electron chi connectivity index (χ3n) is 4.37. The van der Waals surface area contributed by atoms with Crippen LogP contribution >= 0.6 is 0 Å². The van der Waals surface area contributed by atoms with E-state index in [-0.39, 0.29) is 5.92 Å². The van der Waals surface area contributed by atoms with Crippen LogP contribution in [-0.4, -0.2) is 26.4 Å². The summed E-state index contributed by atoms with van der Waals surface area (Å²) in [7, 11) is 2.22. The summed E-state index contributed by atoms with van der Waals surface area (Å²) in [4.78, 5) is 16.6. The number of nitrogens with zero attached hydrogens (tertiary/aromatic N) is 1. The van der Waals surface area contributed by atoms with Crippen LogP contribution < -0.4 is 4.74 Å². The maximum absolute atomic E-state index is 13.9. The van der Waals surface area contributed by atoms with Crippen molar-refractivity contribution in [3.63, 3.8) is 0 Å². The number of carbonyl (C=O) groups is 1. The minimum Gasteiger partial charge on any atom is -0.491 e. The molecule has 2 unspecified atom stereocenters. The largest absolute Gasteiger partial charge is 0.491 e. The predicted octanol–water partition coefficient (Wildman–Crippen LogP) is 3.20. The predicted molar refractivity (Wildman–Crippen MR) is 78.9 cm³/mol. The van der Waals surface area contributed by atoms with Gasteiger partial charge in [0.1, 0.15) is 13.7 Å². The van der Waals surface area contributed by atoms with Crippen LogP contribution in [0.1, 0.15) is 19.4 Å². The first kappa shape index (κ1) is 19.0. The molecule has 138 valence electrons. The number of methoxy groups -OCH3 is 1. The van der Waals surface area contributed by atoms with E-state index in [1.165, 1.54) is 13.3 Å². The van der Waals surface area contributed by atoms with Gasteiger partial charge >= 0.3 is 5.97 Å². The van der Waals surface area contributed by atoms with Crippen molar-refractivity contribution < 1.29 is 36.7 Å². The van der Waals surface area contributed by atoms with Gasteiger partial charge < -0.3 is 14.3 Å². The Bertz CT molecular complexity index is 692. The van der Waals surface area contributed by atoms with Gasteiger partial charge in [0.2, 0.25) is 11.6 Å². The molecule has 0 aliphatic heterocycles. The molecule has 2 rings (SSSR count). The minimum absolute atomic E-state index is 0.279. The Morgan fingerprint density at radius 1 is 1.12 bits per heavy atom. The third-order valence-corrected chi connectivity index (χ3v) is 4.37. The highest BCUT2D eigenvalue weighted by atomic mass is 19.2. The van der Waals surface area contributed by atoms with Gasteiger partial charge in [0.15, 0.2) is 17.4 Å². The molecular weight excluding hydrogens is 346 g/mol. The average Bonchev–Trinajstić information content (AvgIpc) is 3.12. The third kappa shape index (κ3) is 3.27. The lowest BCUT2D eigenvalue weighted by atomic mass is 10.1. The molecule has 0 amide bonds. The van der Waals surface area contributed by atoms with Gasteiger partial charge in [0.25, 0.3) is 0 Å². The fourth-order valence-electron chi connectivity index (χ4n) is 2.73. The number of ether oxygens (including phenoxy) is 2. The second kappa shape index (κ2) is 6.89. The monoisotopic (exact) mass is 363 g/mol. The van der Waals surface area contributed by atoms with Crippen molar-refractivity contribution in [3.05, 3.63) is 28.8 Å². The number of carbonyl (C=O) groups excluding carboxylic acids is 1. The van der Waals surface area contributed by atoms with Crippen molar-refractivity contribution in [1.29, 1.82) is 0 Å². The zero-order chi connectivity index (χ0) is 18.9. The summed E-state index contributed by atoms with van der Waals surface area (Å²) in [6, 6.07) is 0. The first-order chi connectivity index (χ1) is 11.7. The Kier molecular flexibility index (Phi) is 5.24. The fraction of sp³-hybridized carbons (Fsp3) is 0.500. The molecule has 1 aromatic carbocycles. The van der Waals surface area contributed by atoms with Crippen molar-refractivity contribution in [2.45, 2.75) is 20.5 Å². The molecule has 1 aliphatic rings. The molecule has 0 spiro atoms. The number of oxime groups is 1. The van der Waals surface area contributed by atoms with Crippen LogP contribution in [-0.2, 0) is 21.0 Å². The summed E-state index contributed by atoms with van der Waals surface area (Å²) in [6.07, 6.45) is 1.43. The molecule has 1 saturated carbocycles. The maximum atomic E-state index is 13.9. The number of halogens is 4. The number of hydrogen-bond donors (Lipinski definition) is 0. The second-order valence-corrected chi connectivity index (χ2v) is 6.14. The van der Waals surface area contributed by atoms with E-state index in [1.807, 2.05) is 0 Å². The molecule has 0 aromatic heterocycles. The van der Waals surface area contributed by atoms with Crippen LogP contribution in [0.25, 0.3) is 0 Å². The number of hydrogen-bond acceptors (Lipinski definition) is 5. The quantitative estimate of drug-likeness (QED) is 0.256. The SMILES string of the molecule is CON=CC1C(C(=O)OCc2c(F)c(F)c(OC)c(F)c2F)C1(C)C. The molecule has 0 radical (unpaired) electrons. The lowest BCUT2D eigenvalue weighted by molar-refractivity contribution is -0.147. The Labute approximate surface area is 141 Å². The molecule has 0 bridgehead atoms. The normalized spacial score (nSPS) is 21.3. The van der Waals surface area contributed by atoms with E-state index < -0.39 is 58.5 Å². The fourth-order valence-corrected chi connectivity index (χ4v) is 2.73. The average molecular weight is 363 g/mol. The standard InChI is InChI=1S/C16H17F4NO4/c1-16(2)8(5-21-24-4)9(16)15(22)25-6-7-10(17)12(19)14(23-3)13(20)11(7)18/h5,8-9H,6H2,1-4H3. The van der Waals surface area contributed by atoms with Crippen molar-refractivity contribution in [1.82, 2.24) is 0 Å².